The summed E-state index contributed by atoms with van der Waals surface area (Å²) in [5.41, 5.74) is 2.89. The number of aliphatic hydroxyl groups is 1. The lowest BCUT2D eigenvalue weighted by molar-refractivity contribution is 0.276. The van der Waals surface area contributed by atoms with E-state index in [-0.39, 0.29) is 6.61 Å². The van der Waals surface area contributed by atoms with Crippen molar-refractivity contribution in [3.63, 3.8) is 0 Å². The van der Waals surface area contributed by atoms with Gasteiger partial charge in [-0.15, -0.1) is 0 Å². The number of hydrogen-bond donors (Lipinski definition) is 1. The van der Waals surface area contributed by atoms with Crippen molar-refractivity contribution in [3.8, 4) is 0 Å². The van der Waals surface area contributed by atoms with Gasteiger partial charge in [0.15, 0.2) is 5.82 Å². The molecule has 1 aromatic heterocycles. The van der Waals surface area contributed by atoms with Crippen molar-refractivity contribution in [2.24, 2.45) is 0 Å². The Labute approximate surface area is 107 Å². The predicted molar refractivity (Wildman–Crippen MR) is 71.8 cm³/mol. The van der Waals surface area contributed by atoms with Gasteiger partial charge >= 0.3 is 0 Å². The molecule has 0 bridgehead atoms. The van der Waals surface area contributed by atoms with E-state index in [0.717, 1.165) is 18.1 Å². The first kappa shape index (κ1) is 12.5. The largest absolute Gasteiger partial charge is 0.390 e. The highest BCUT2D eigenvalue weighted by Crippen LogP contribution is 2.25. The Morgan fingerprint density at radius 1 is 1.22 bits per heavy atom. The van der Waals surface area contributed by atoms with Gasteiger partial charge in [-0.1, -0.05) is 18.2 Å². The van der Waals surface area contributed by atoms with E-state index < -0.39 is 0 Å². The summed E-state index contributed by atoms with van der Waals surface area (Å²) < 4.78 is 0. The summed E-state index contributed by atoms with van der Waals surface area (Å²) in [5.74, 6) is 0.762. The molecule has 2 aromatic rings. The maximum Gasteiger partial charge on any atom is 0.151 e. The summed E-state index contributed by atoms with van der Waals surface area (Å²) in [6, 6.07) is 8.16. The standard InChI is InChI=1S/C14H17N3O/c1-3-17(13-7-5-4-6-11(13)2)14-9-15-8-12(10-18)16-14/h4-9,18H,3,10H2,1-2H3. The molecule has 0 unspecified atom stereocenters. The quantitative estimate of drug-likeness (QED) is 0.896. The van der Waals surface area contributed by atoms with E-state index >= 15 is 0 Å². The van der Waals surface area contributed by atoms with Gasteiger partial charge in [-0.2, -0.15) is 0 Å². The van der Waals surface area contributed by atoms with Crippen molar-refractivity contribution in [1.29, 1.82) is 0 Å². The maximum absolute atomic E-state index is 9.12. The minimum Gasteiger partial charge on any atom is -0.390 e. The first-order valence-corrected chi connectivity index (χ1v) is 6.01. The highest BCUT2D eigenvalue weighted by Gasteiger charge is 2.11. The molecular weight excluding hydrogens is 226 g/mol. The second kappa shape index (κ2) is 5.60. The molecule has 0 aliphatic rings. The molecule has 18 heavy (non-hydrogen) atoms. The maximum atomic E-state index is 9.12. The molecule has 4 nitrogen and oxygen atoms in total. The molecule has 94 valence electrons. The second-order valence-electron chi connectivity index (χ2n) is 4.06. The van der Waals surface area contributed by atoms with E-state index in [9.17, 15) is 0 Å². The van der Waals surface area contributed by atoms with Crippen molar-refractivity contribution in [2.75, 3.05) is 11.4 Å². The summed E-state index contributed by atoms with van der Waals surface area (Å²) in [7, 11) is 0. The van der Waals surface area contributed by atoms with E-state index in [1.165, 1.54) is 5.56 Å². The average molecular weight is 243 g/mol. The zero-order valence-corrected chi connectivity index (χ0v) is 10.7. The van der Waals surface area contributed by atoms with Crippen LogP contribution in [0.15, 0.2) is 36.7 Å². The first-order valence-electron chi connectivity index (χ1n) is 6.01. The lowest BCUT2D eigenvalue weighted by atomic mass is 10.2. The first-order chi connectivity index (χ1) is 8.76. The van der Waals surface area contributed by atoms with Crippen molar-refractivity contribution in [2.45, 2.75) is 20.5 Å². The van der Waals surface area contributed by atoms with E-state index in [1.807, 2.05) is 12.1 Å². The van der Waals surface area contributed by atoms with Crippen LogP contribution in [-0.2, 0) is 6.61 Å². The molecule has 1 heterocycles. The molecule has 0 aliphatic heterocycles. The van der Waals surface area contributed by atoms with Crippen LogP contribution in [0.1, 0.15) is 18.2 Å². The van der Waals surface area contributed by atoms with E-state index in [0.29, 0.717) is 5.69 Å². The highest BCUT2D eigenvalue weighted by molar-refractivity contribution is 5.62. The number of aromatic nitrogens is 2. The molecule has 0 aliphatic carbocycles. The van der Waals surface area contributed by atoms with Gasteiger partial charge in [0.1, 0.15) is 0 Å². The van der Waals surface area contributed by atoms with Crippen molar-refractivity contribution in [1.82, 2.24) is 9.97 Å². The predicted octanol–water partition coefficient (Wildman–Crippen LogP) is 2.44. The number of benzene rings is 1. The van der Waals surface area contributed by atoms with Crippen molar-refractivity contribution in [3.05, 3.63) is 47.9 Å². The molecule has 0 radical (unpaired) electrons. The van der Waals surface area contributed by atoms with Crippen LogP contribution >= 0.6 is 0 Å². The molecule has 1 N–H and O–H groups in total. The summed E-state index contributed by atoms with van der Waals surface area (Å²) in [5, 5.41) is 9.12. The van der Waals surface area contributed by atoms with E-state index in [4.69, 9.17) is 5.11 Å². The molecule has 1 aromatic carbocycles. The van der Waals surface area contributed by atoms with Gasteiger partial charge in [-0.3, -0.25) is 4.98 Å². The SMILES string of the molecule is CCN(c1cncc(CO)n1)c1ccccc1C. The van der Waals surface area contributed by atoms with Gasteiger partial charge in [0.05, 0.1) is 24.7 Å². The molecule has 0 saturated carbocycles. The van der Waals surface area contributed by atoms with Crippen LogP contribution in [0.5, 0.6) is 0 Å². The molecule has 0 spiro atoms. The second-order valence-corrected chi connectivity index (χ2v) is 4.06. The number of nitrogens with zero attached hydrogens (tertiary/aromatic N) is 3. The van der Waals surface area contributed by atoms with Crippen molar-refractivity contribution < 1.29 is 5.11 Å². The third-order valence-electron chi connectivity index (χ3n) is 2.83. The monoisotopic (exact) mass is 243 g/mol. The lowest BCUT2D eigenvalue weighted by Crippen LogP contribution is -2.19. The third-order valence-corrected chi connectivity index (χ3v) is 2.83. The van der Waals surface area contributed by atoms with E-state index in [1.54, 1.807) is 12.4 Å². The van der Waals surface area contributed by atoms with Crippen LogP contribution in [0, 0.1) is 6.92 Å². The number of hydrogen-bond acceptors (Lipinski definition) is 4. The fraction of sp³-hybridized carbons (Fsp3) is 0.286. The number of aryl methyl sites for hydroxylation is 1. The number of aliphatic hydroxyl groups excluding tert-OH is 1. The number of para-hydroxylation sites is 1. The van der Waals surface area contributed by atoms with Crippen LogP contribution in [-0.4, -0.2) is 21.6 Å². The zero-order valence-electron chi connectivity index (χ0n) is 10.7. The minimum atomic E-state index is -0.0911. The van der Waals surface area contributed by atoms with Gasteiger partial charge in [-0.25, -0.2) is 4.98 Å². The smallest absolute Gasteiger partial charge is 0.151 e. The molecule has 0 saturated heterocycles. The van der Waals surface area contributed by atoms with E-state index in [2.05, 4.69) is 40.8 Å². The van der Waals surface area contributed by atoms with Crippen LogP contribution in [0.25, 0.3) is 0 Å². The van der Waals surface area contributed by atoms with Crippen LogP contribution in [0.4, 0.5) is 11.5 Å². The minimum absolute atomic E-state index is 0.0911. The van der Waals surface area contributed by atoms with Gasteiger partial charge in [0.2, 0.25) is 0 Å². The summed E-state index contributed by atoms with van der Waals surface area (Å²) in [6.07, 6.45) is 3.30. The Morgan fingerprint density at radius 3 is 2.67 bits per heavy atom. The normalized spacial score (nSPS) is 10.4. The summed E-state index contributed by atoms with van der Waals surface area (Å²) >= 11 is 0. The van der Waals surface area contributed by atoms with Crippen LogP contribution in [0.3, 0.4) is 0 Å². The third kappa shape index (κ3) is 2.49. The molecule has 4 heteroatoms. The fourth-order valence-corrected chi connectivity index (χ4v) is 1.92. The number of rotatable bonds is 4. The molecule has 2 rings (SSSR count). The lowest BCUT2D eigenvalue weighted by Gasteiger charge is -2.23. The summed E-state index contributed by atoms with van der Waals surface area (Å²) in [4.78, 5) is 10.6. The van der Waals surface area contributed by atoms with Gasteiger partial charge < -0.3 is 10.0 Å². The Hall–Kier alpha value is -1.94. The Morgan fingerprint density at radius 2 is 2.00 bits per heavy atom. The molecule has 0 amide bonds. The molecule has 0 fully saturated rings. The number of anilines is 2. The zero-order chi connectivity index (χ0) is 13.0. The molecular formula is C14H17N3O. The highest BCUT2D eigenvalue weighted by atomic mass is 16.3. The van der Waals surface area contributed by atoms with Gasteiger partial charge in [-0.05, 0) is 25.5 Å². The van der Waals surface area contributed by atoms with Crippen LogP contribution < -0.4 is 4.90 Å². The molecule has 0 atom stereocenters. The Bertz CT molecular complexity index is 528. The summed E-state index contributed by atoms with van der Waals surface area (Å²) in [6.45, 7) is 4.85. The topological polar surface area (TPSA) is 49.2 Å². The average Bonchev–Trinajstić information content (AvgIpc) is 2.42. The fourth-order valence-electron chi connectivity index (χ4n) is 1.92. The van der Waals surface area contributed by atoms with Gasteiger partial charge in [0.25, 0.3) is 0 Å². The Kier molecular flexibility index (Phi) is 3.89. The van der Waals surface area contributed by atoms with Crippen molar-refractivity contribution >= 4 is 11.5 Å². The Balaban J connectivity index is 2.42. The van der Waals surface area contributed by atoms with Crippen LogP contribution in [0.2, 0.25) is 0 Å². The van der Waals surface area contributed by atoms with Gasteiger partial charge in [0, 0.05) is 12.2 Å².